The molecule has 1 nitrogen and oxygen atoms in total. The molecule has 10 rings (SSSR count). The lowest BCUT2D eigenvalue weighted by atomic mass is 10.0. The standard InChI is InChI=1S/C46H29NS2/c1-2-9-32-26-34(17-16-30(32)8-1)31-18-21-36(22-19-31)47(38-23-25-42-40-13-4-6-15-44(40)49-46(42)29-38)37-11-7-10-33(27-37)35-20-24-41-39-12-3-5-14-43(39)48-45(41)28-35/h1-29H. The van der Waals surface area contributed by atoms with Crippen LogP contribution >= 0.6 is 22.7 Å². The van der Waals surface area contributed by atoms with Gasteiger partial charge < -0.3 is 4.90 Å². The van der Waals surface area contributed by atoms with Crippen molar-refractivity contribution in [1.29, 1.82) is 0 Å². The van der Waals surface area contributed by atoms with Crippen molar-refractivity contribution in [1.82, 2.24) is 0 Å². The van der Waals surface area contributed by atoms with Gasteiger partial charge in [-0.2, -0.15) is 0 Å². The minimum atomic E-state index is 1.13. The van der Waals surface area contributed by atoms with Crippen LogP contribution in [0.4, 0.5) is 17.1 Å². The smallest absolute Gasteiger partial charge is 0.0476 e. The van der Waals surface area contributed by atoms with E-state index in [1.165, 1.54) is 73.4 Å². The highest BCUT2D eigenvalue weighted by molar-refractivity contribution is 7.26. The number of thiophene rings is 2. The van der Waals surface area contributed by atoms with Crippen molar-refractivity contribution < 1.29 is 0 Å². The first kappa shape index (κ1) is 28.3. The molecule has 3 heteroatoms. The van der Waals surface area contributed by atoms with Crippen LogP contribution in [0.2, 0.25) is 0 Å². The fourth-order valence-corrected chi connectivity index (χ4v) is 9.49. The molecule has 0 amide bonds. The Hall–Kier alpha value is -5.74. The van der Waals surface area contributed by atoms with Crippen LogP contribution in [-0.2, 0) is 0 Å². The normalized spacial score (nSPS) is 11.7. The average Bonchev–Trinajstić information content (AvgIpc) is 3.73. The van der Waals surface area contributed by atoms with Crippen LogP contribution in [0.3, 0.4) is 0 Å². The second-order valence-corrected chi connectivity index (χ2v) is 14.7. The van der Waals surface area contributed by atoms with E-state index in [0.717, 1.165) is 17.1 Å². The van der Waals surface area contributed by atoms with Gasteiger partial charge in [-0.25, -0.2) is 0 Å². The van der Waals surface area contributed by atoms with Gasteiger partial charge in [0.15, 0.2) is 0 Å². The number of fused-ring (bicyclic) bond motifs is 7. The summed E-state index contributed by atoms with van der Waals surface area (Å²) in [6.45, 7) is 0. The van der Waals surface area contributed by atoms with Crippen LogP contribution in [0.5, 0.6) is 0 Å². The molecule has 49 heavy (non-hydrogen) atoms. The van der Waals surface area contributed by atoms with Gasteiger partial charge in [0.1, 0.15) is 0 Å². The zero-order valence-electron chi connectivity index (χ0n) is 26.5. The number of hydrogen-bond acceptors (Lipinski definition) is 3. The van der Waals surface area contributed by atoms with E-state index in [-0.39, 0.29) is 0 Å². The van der Waals surface area contributed by atoms with Crippen molar-refractivity contribution in [3.8, 4) is 22.3 Å². The molecule has 0 aliphatic carbocycles. The summed E-state index contributed by atoms with van der Waals surface area (Å²) in [5, 5.41) is 7.80. The predicted molar refractivity (Wildman–Crippen MR) is 215 cm³/mol. The lowest BCUT2D eigenvalue weighted by Crippen LogP contribution is -2.09. The van der Waals surface area contributed by atoms with Gasteiger partial charge in [-0.15, -0.1) is 22.7 Å². The first-order chi connectivity index (χ1) is 24.2. The largest absolute Gasteiger partial charge is 0.310 e. The van der Waals surface area contributed by atoms with Gasteiger partial charge in [-0.1, -0.05) is 115 Å². The van der Waals surface area contributed by atoms with Crippen LogP contribution in [0, 0.1) is 0 Å². The zero-order chi connectivity index (χ0) is 32.3. The highest BCUT2D eigenvalue weighted by atomic mass is 32.1. The Kier molecular flexibility index (Phi) is 6.61. The first-order valence-corrected chi connectivity index (χ1v) is 18.2. The Morgan fingerprint density at radius 3 is 1.59 bits per heavy atom. The minimum absolute atomic E-state index is 1.13. The highest BCUT2D eigenvalue weighted by Gasteiger charge is 2.16. The number of rotatable bonds is 5. The van der Waals surface area contributed by atoms with E-state index in [1.807, 2.05) is 22.7 Å². The topological polar surface area (TPSA) is 3.24 Å². The summed E-state index contributed by atoms with van der Waals surface area (Å²) in [4.78, 5) is 2.40. The van der Waals surface area contributed by atoms with Crippen molar-refractivity contribution in [2.45, 2.75) is 0 Å². The number of benzene rings is 8. The molecule has 0 fully saturated rings. The average molecular weight is 660 g/mol. The second-order valence-electron chi connectivity index (χ2n) is 12.6. The third-order valence-electron chi connectivity index (χ3n) is 9.65. The maximum Gasteiger partial charge on any atom is 0.0476 e. The third-order valence-corrected chi connectivity index (χ3v) is 11.9. The van der Waals surface area contributed by atoms with Crippen molar-refractivity contribution in [2.24, 2.45) is 0 Å². The summed E-state index contributed by atoms with van der Waals surface area (Å²) in [7, 11) is 0. The lowest BCUT2D eigenvalue weighted by Gasteiger charge is -2.26. The van der Waals surface area contributed by atoms with Gasteiger partial charge in [0.05, 0.1) is 0 Å². The highest BCUT2D eigenvalue weighted by Crippen LogP contribution is 2.43. The summed E-state index contributed by atoms with van der Waals surface area (Å²) in [5.74, 6) is 0. The fourth-order valence-electron chi connectivity index (χ4n) is 7.20. The first-order valence-electron chi connectivity index (χ1n) is 16.6. The van der Waals surface area contributed by atoms with Crippen molar-refractivity contribution in [2.75, 3.05) is 4.90 Å². The van der Waals surface area contributed by atoms with Gasteiger partial charge in [-0.05, 0) is 93.7 Å². The molecule has 0 N–H and O–H groups in total. The Bertz CT molecular complexity index is 2840. The second kappa shape index (κ2) is 11.5. The summed E-state index contributed by atoms with van der Waals surface area (Å²) in [5.41, 5.74) is 8.27. The number of hydrogen-bond donors (Lipinski definition) is 0. The molecule has 0 aliphatic heterocycles. The SMILES string of the molecule is c1cc(-c2ccc3c(c2)sc2ccccc23)cc(N(c2ccc(-c3ccc4ccccc4c3)cc2)c2ccc3c(c2)sc2ccccc23)c1. The Labute approximate surface area is 292 Å². The van der Waals surface area contributed by atoms with Crippen LogP contribution in [0.1, 0.15) is 0 Å². The maximum absolute atomic E-state index is 2.40. The molecule has 10 aromatic rings. The summed E-state index contributed by atoms with van der Waals surface area (Å²) >= 11 is 3.73. The van der Waals surface area contributed by atoms with Crippen LogP contribution < -0.4 is 4.90 Å². The number of anilines is 3. The van der Waals surface area contributed by atoms with Gasteiger partial charge in [0.2, 0.25) is 0 Å². The molecule has 0 bridgehead atoms. The van der Waals surface area contributed by atoms with E-state index in [2.05, 4.69) is 181 Å². The van der Waals surface area contributed by atoms with Crippen LogP contribution in [-0.4, -0.2) is 0 Å². The Morgan fingerprint density at radius 2 is 0.816 bits per heavy atom. The van der Waals surface area contributed by atoms with Gasteiger partial charge in [0, 0.05) is 57.4 Å². The molecule has 230 valence electrons. The molecule has 0 spiro atoms. The molecule has 0 aliphatic rings. The van der Waals surface area contributed by atoms with E-state index in [9.17, 15) is 0 Å². The molecule has 0 unspecified atom stereocenters. The maximum atomic E-state index is 2.40. The molecule has 0 saturated carbocycles. The molecule has 2 heterocycles. The Balaban J connectivity index is 1.10. The molecule has 0 saturated heterocycles. The van der Waals surface area contributed by atoms with E-state index in [4.69, 9.17) is 0 Å². The van der Waals surface area contributed by atoms with Gasteiger partial charge in [-0.3, -0.25) is 0 Å². The van der Waals surface area contributed by atoms with Gasteiger partial charge >= 0.3 is 0 Å². The van der Waals surface area contributed by atoms with Crippen molar-refractivity contribution in [3.05, 3.63) is 176 Å². The molecule has 0 atom stereocenters. The number of nitrogens with zero attached hydrogens (tertiary/aromatic N) is 1. The predicted octanol–water partition coefficient (Wildman–Crippen LogP) is 14.4. The monoisotopic (exact) mass is 659 g/mol. The minimum Gasteiger partial charge on any atom is -0.310 e. The van der Waals surface area contributed by atoms with E-state index < -0.39 is 0 Å². The molecule has 0 radical (unpaired) electrons. The Morgan fingerprint density at radius 1 is 0.286 bits per heavy atom. The lowest BCUT2D eigenvalue weighted by molar-refractivity contribution is 1.29. The van der Waals surface area contributed by atoms with Crippen LogP contribution in [0.25, 0.3) is 73.4 Å². The summed E-state index contributed by atoms with van der Waals surface area (Å²) in [6, 6.07) is 64.5. The molecule has 2 aromatic heterocycles. The van der Waals surface area contributed by atoms with Gasteiger partial charge in [0.25, 0.3) is 0 Å². The van der Waals surface area contributed by atoms with E-state index in [0.29, 0.717) is 0 Å². The molecule has 8 aromatic carbocycles. The fraction of sp³-hybridized carbons (Fsp3) is 0. The summed E-state index contributed by atoms with van der Waals surface area (Å²) in [6.07, 6.45) is 0. The van der Waals surface area contributed by atoms with Crippen molar-refractivity contribution in [3.63, 3.8) is 0 Å². The van der Waals surface area contributed by atoms with Crippen LogP contribution in [0.15, 0.2) is 176 Å². The van der Waals surface area contributed by atoms with E-state index in [1.54, 1.807) is 0 Å². The molecular formula is C46H29NS2. The summed E-state index contributed by atoms with van der Waals surface area (Å²) < 4.78 is 5.27. The van der Waals surface area contributed by atoms with E-state index >= 15 is 0 Å². The van der Waals surface area contributed by atoms with Crippen molar-refractivity contribution >= 4 is 90.9 Å². The zero-order valence-corrected chi connectivity index (χ0v) is 28.1. The quantitative estimate of drug-likeness (QED) is 0.178. The molecular weight excluding hydrogens is 631 g/mol. The third kappa shape index (κ3) is 4.90.